The predicted octanol–water partition coefficient (Wildman–Crippen LogP) is 3.59. The highest BCUT2D eigenvalue weighted by atomic mass is 32.1. The van der Waals surface area contributed by atoms with E-state index in [9.17, 15) is 4.79 Å². The van der Waals surface area contributed by atoms with Crippen molar-refractivity contribution in [3.8, 4) is 0 Å². The topological polar surface area (TPSA) is 49.3 Å². The lowest BCUT2D eigenvalue weighted by Crippen LogP contribution is -2.17. The lowest BCUT2D eigenvalue weighted by molar-refractivity contribution is -0.129. The largest absolute Gasteiger partial charge is 0.289 e. The molecule has 18 heavy (non-hydrogen) atoms. The van der Waals surface area contributed by atoms with Crippen molar-refractivity contribution in [2.75, 3.05) is 0 Å². The Bertz CT molecular complexity index is 553. The maximum atomic E-state index is 11.1. The van der Waals surface area contributed by atoms with Gasteiger partial charge in [-0.25, -0.2) is 5.48 Å². The van der Waals surface area contributed by atoms with Gasteiger partial charge in [0.2, 0.25) is 5.91 Å². The monoisotopic (exact) mass is 261 g/mol. The number of carbonyl (C=O) groups is 1. The Labute approximate surface area is 110 Å². The molecule has 4 heteroatoms. The molecule has 0 aliphatic heterocycles. The van der Waals surface area contributed by atoms with Crippen LogP contribution in [0.15, 0.2) is 36.4 Å². The van der Waals surface area contributed by atoms with Gasteiger partial charge in [-0.1, -0.05) is 24.3 Å². The van der Waals surface area contributed by atoms with Gasteiger partial charge in [0, 0.05) is 16.0 Å². The number of amides is 1. The Morgan fingerprint density at radius 2 is 2.17 bits per heavy atom. The van der Waals surface area contributed by atoms with Gasteiger partial charge in [0.1, 0.15) is 0 Å². The van der Waals surface area contributed by atoms with Gasteiger partial charge in [-0.15, -0.1) is 11.3 Å². The summed E-state index contributed by atoms with van der Waals surface area (Å²) in [5, 5.41) is 9.71. The van der Waals surface area contributed by atoms with E-state index >= 15 is 0 Å². The summed E-state index contributed by atoms with van der Waals surface area (Å²) in [7, 11) is 0. The SMILES string of the molecule is C/C=C(\CCC(=O)NO)c1cc2ccccc2s1. The molecule has 0 atom stereocenters. The molecule has 0 unspecified atom stereocenters. The first kappa shape index (κ1) is 12.8. The third-order valence-corrected chi connectivity index (χ3v) is 4.03. The Kier molecular flexibility index (Phi) is 4.12. The van der Waals surface area contributed by atoms with Crippen molar-refractivity contribution in [2.45, 2.75) is 19.8 Å². The Morgan fingerprint density at radius 3 is 2.83 bits per heavy atom. The van der Waals surface area contributed by atoms with E-state index in [1.54, 1.807) is 16.8 Å². The molecule has 0 saturated heterocycles. The van der Waals surface area contributed by atoms with Crippen LogP contribution in [-0.2, 0) is 4.79 Å². The molecule has 0 bridgehead atoms. The maximum absolute atomic E-state index is 11.1. The van der Waals surface area contributed by atoms with Crippen molar-refractivity contribution >= 4 is 32.9 Å². The first-order valence-corrected chi connectivity index (χ1v) is 6.63. The van der Waals surface area contributed by atoms with E-state index in [-0.39, 0.29) is 5.91 Å². The normalized spacial score (nSPS) is 11.8. The average molecular weight is 261 g/mol. The van der Waals surface area contributed by atoms with Crippen molar-refractivity contribution < 1.29 is 10.0 Å². The summed E-state index contributed by atoms with van der Waals surface area (Å²) in [5.74, 6) is -0.351. The highest BCUT2D eigenvalue weighted by Gasteiger charge is 2.08. The summed E-state index contributed by atoms with van der Waals surface area (Å²) in [6.07, 6.45) is 2.95. The summed E-state index contributed by atoms with van der Waals surface area (Å²) in [4.78, 5) is 12.2. The maximum Gasteiger partial charge on any atom is 0.243 e. The molecule has 0 spiro atoms. The molecule has 2 N–H and O–H groups in total. The summed E-state index contributed by atoms with van der Waals surface area (Å²) in [5.41, 5.74) is 2.80. The number of allylic oxidation sites excluding steroid dienone is 2. The molecule has 0 saturated carbocycles. The van der Waals surface area contributed by atoms with Gasteiger partial charge >= 0.3 is 0 Å². The van der Waals surface area contributed by atoms with E-state index in [2.05, 4.69) is 18.2 Å². The van der Waals surface area contributed by atoms with Crippen LogP contribution in [-0.4, -0.2) is 11.1 Å². The Morgan fingerprint density at radius 1 is 1.39 bits per heavy atom. The molecule has 94 valence electrons. The zero-order valence-electron chi connectivity index (χ0n) is 10.1. The molecule has 3 nitrogen and oxygen atoms in total. The van der Waals surface area contributed by atoms with Gasteiger partial charge in [-0.05, 0) is 36.4 Å². The van der Waals surface area contributed by atoms with Crippen LogP contribution in [0, 0.1) is 0 Å². The van der Waals surface area contributed by atoms with Gasteiger partial charge in [0.25, 0.3) is 0 Å². The fourth-order valence-corrected chi connectivity index (χ4v) is 3.02. The van der Waals surface area contributed by atoms with Crippen LogP contribution in [0.3, 0.4) is 0 Å². The second kappa shape index (κ2) is 5.80. The van der Waals surface area contributed by atoms with Crippen LogP contribution in [0.25, 0.3) is 15.7 Å². The smallest absolute Gasteiger partial charge is 0.243 e. The van der Waals surface area contributed by atoms with Gasteiger partial charge in [-0.2, -0.15) is 0 Å². The van der Waals surface area contributed by atoms with E-state index in [1.165, 1.54) is 15.0 Å². The number of hydroxylamine groups is 1. The molecule has 2 aromatic rings. The number of thiophene rings is 1. The summed E-state index contributed by atoms with van der Waals surface area (Å²) >= 11 is 1.73. The number of fused-ring (bicyclic) bond motifs is 1. The van der Waals surface area contributed by atoms with Crippen molar-refractivity contribution in [3.63, 3.8) is 0 Å². The van der Waals surface area contributed by atoms with Crippen LogP contribution in [0.1, 0.15) is 24.6 Å². The molecule has 1 amide bonds. The van der Waals surface area contributed by atoms with E-state index < -0.39 is 0 Å². The summed E-state index contributed by atoms with van der Waals surface area (Å²) in [6, 6.07) is 10.4. The quantitative estimate of drug-likeness (QED) is 0.652. The molecule has 0 aliphatic rings. The average Bonchev–Trinajstić information content (AvgIpc) is 2.82. The summed E-state index contributed by atoms with van der Waals surface area (Å²) < 4.78 is 1.25. The number of hydrogen-bond acceptors (Lipinski definition) is 3. The van der Waals surface area contributed by atoms with Gasteiger partial charge in [0.05, 0.1) is 0 Å². The molecule has 1 heterocycles. The minimum Gasteiger partial charge on any atom is -0.289 e. The van der Waals surface area contributed by atoms with Crippen LogP contribution in [0.2, 0.25) is 0 Å². The number of nitrogens with one attached hydrogen (secondary N) is 1. The first-order valence-electron chi connectivity index (χ1n) is 5.81. The number of hydrogen-bond donors (Lipinski definition) is 2. The predicted molar refractivity (Wildman–Crippen MR) is 74.6 cm³/mol. The van der Waals surface area contributed by atoms with Crippen molar-refractivity contribution in [1.29, 1.82) is 0 Å². The number of benzene rings is 1. The zero-order chi connectivity index (χ0) is 13.0. The second-order valence-corrected chi connectivity index (χ2v) is 5.08. The van der Waals surface area contributed by atoms with Crippen molar-refractivity contribution in [3.05, 3.63) is 41.3 Å². The Hall–Kier alpha value is -1.65. The standard InChI is InChI=1S/C14H15NO2S/c1-2-10(7-8-14(16)15-17)13-9-11-5-3-4-6-12(11)18-13/h2-6,9,17H,7-8H2,1H3,(H,15,16)/b10-2+. The number of carbonyl (C=O) groups excluding carboxylic acids is 1. The number of rotatable bonds is 4. The fraction of sp³-hybridized carbons (Fsp3) is 0.214. The lowest BCUT2D eigenvalue weighted by Gasteiger charge is -2.03. The third kappa shape index (κ3) is 2.78. The molecule has 0 fully saturated rings. The van der Waals surface area contributed by atoms with Crippen molar-refractivity contribution in [2.24, 2.45) is 0 Å². The molecule has 2 rings (SSSR count). The van der Waals surface area contributed by atoms with E-state index in [0.717, 1.165) is 5.57 Å². The van der Waals surface area contributed by atoms with Gasteiger partial charge in [-0.3, -0.25) is 10.0 Å². The third-order valence-electron chi connectivity index (χ3n) is 2.84. The van der Waals surface area contributed by atoms with Crippen LogP contribution in [0.5, 0.6) is 0 Å². The molecular formula is C14H15NO2S. The molecule has 0 aliphatic carbocycles. The fourth-order valence-electron chi connectivity index (χ4n) is 1.85. The molecule has 1 aromatic carbocycles. The van der Waals surface area contributed by atoms with Crippen LogP contribution >= 0.6 is 11.3 Å². The Balaban J connectivity index is 2.20. The zero-order valence-corrected chi connectivity index (χ0v) is 11.0. The van der Waals surface area contributed by atoms with Crippen LogP contribution in [0.4, 0.5) is 0 Å². The molecule has 1 aromatic heterocycles. The summed E-state index contributed by atoms with van der Waals surface area (Å²) in [6.45, 7) is 1.97. The van der Waals surface area contributed by atoms with E-state index in [0.29, 0.717) is 12.8 Å². The highest BCUT2D eigenvalue weighted by molar-refractivity contribution is 7.20. The minimum absolute atomic E-state index is 0.296. The van der Waals surface area contributed by atoms with Crippen LogP contribution < -0.4 is 5.48 Å². The highest BCUT2D eigenvalue weighted by Crippen LogP contribution is 2.32. The molecule has 0 radical (unpaired) electrons. The van der Waals surface area contributed by atoms with E-state index in [4.69, 9.17) is 5.21 Å². The van der Waals surface area contributed by atoms with Crippen molar-refractivity contribution in [1.82, 2.24) is 5.48 Å². The minimum atomic E-state index is -0.351. The van der Waals surface area contributed by atoms with E-state index in [1.807, 2.05) is 25.1 Å². The van der Waals surface area contributed by atoms with Gasteiger partial charge < -0.3 is 0 Å². The second-order valence-electron chi connectivity index (χ2n) is 4.00. The lowest BCUT2D eigenvalue weighted by atomic mass is 10.1. The van der Waals surface area contributed by atoms with Gasteiger partial charge in [0.15, 0.2) is 0 Å². The first-order chi connectivity index (χ1) is 8.74. The molecular weight excluding hydrogens is 246 g/mol.